The van der Waals surface area contributed by atoms with Crippen LogP contribution in [0.5, 0.6) is 5.75 Å². The number of piperidine rings is 1. The molecular formula is C17H23N3O3. The van der Waals surface area contributed by atoms with Crippen molar-refractivity contribution < 1.29 is 14.3 Å². The van der Waals surface area contributed by atoms with Gasteiger partial charge in [-0.1, -0.05) is 18.2 Å². The van der Waals surface area contributed by atoms with Crippen LogP contribution in [-0.2, 0) is 11.2 Å². The SMILES string of the molecule is CNC(=O)C1CCN(C(=O)NC[C@@H]2Cc3ccccc3O2)CC1. The number of para-hydroxylation sites is 1. The zero-order chi connectivity index (χ0) is 16.2. The van der Waals surface area contributed by atoms with Crippen LogP contribution < -0.4 is 15.4 Å². The summed E-state index contributed by atoms with van der Waals surface area (Å²) in [5.74, 6) is 1.01. The largest absolute Gasteiger partial charge is 0.488 e. The van der Waals surface area contributed by atoms with Crippen molar-refractivity contribution >= 4 is 11.9 Å². The Morgan fingerprint density at radius 2 is 2.00 bits per heavy atom. The minimum absolute atomic E-state index is 0.000224. The number of nitrogens with one attached hydrogen (secondary N) is 2. The number of hydrogen-bond acceptors (Lipinski definition) is 3. The molecule has 1 fully saturated rings. The van der Waals surface area contributed by atoms with E-state index < -0.39 is 0 Å². The van der Waals surface area contributed by atoms with Crippen LogP contribution >= 0.6 is 0 Å². The molecular weight excluding hydrogens is 294 g/mol. The molecule has 0 spiro atoms. The van der Waals surface area contributed by atoms with Crippen LogP contribution in [0.15, 0.2) is 24.3 Å². The number of fused-ring (bicyclic) bond motifs is 1. The summed E-state index contributed by atoms with van der Waals surface area (Å²) in [4.78, 5) is 25.6. The topological polar surface area (TPSA) is 70.7 Å². The predicted molar refractivity (Wildman–Crippen MR) is 86.3 cm³/mol. The van der Waals surface area contributed by atoms with Gasteiger partial charge in [-0.3, -0.25) is 4.79 Å². The zero-order valence-corrected chi connectivity index (χ0v) is 13.4. The van der Waals surface area contributed by atoms with Gasteiger partial charge < -0.3 is 20.3 Å². The maximum atomic E-state index is 12.2. The number of carbonyl (C=O) groups excluding carboxylic acids is 2. The van der Waals surface area contributed by atoms with Crippen molar-refractivity contribution in [1.82, 2.24) is 15.5 Å². The summed E-state index contributed by atoms with van der Waals surface area (Å²) >= 11 is 0. The van der Waals surface area contributed by atoms with Crippen LogP contribution in [0.3, 0.4) is 0 Å². The molecule has 0 unspecified atom stereocenters. The fraction of sp³-hybridized carbons (Fsp3) is 0.529. The van der Waals surface area contributed by atoms with E-state index in [0.29, 0.717) is 19.6 Å². The highest BCUT2D eigenvalue weighted by Crippen LogP contribution is 2.27. The van der Waals surface area contributed by atoms with Crippen LogP contribution in [0, 0.1) is 5.92 Å². The summed E-state index contributed by atoms with van der Waals surface area (Å²) < 4.78 is 5.82. The van der Waals surface area contributed by atoms with Crippen molar-refractivity contribution in [3.8, 4) is 5.75 Å². The van der Waals surface area contributed by atoms with Crippen molar-refractivity contribution in [3.05, 3.63) is 29.8 Å². The summed E-state index contributed by atoms with van der Waals surface area (Å²) in [6.45, 7) is 1.74. The minimum Gasteiger partial charge on any atom is -0.488 e. The lowest BCUT2D eigenvalue weighted by molar-refractivity contribution is -0.125. The molecule has 2 aliphatic rings. The molecule has 1 atom stereocenters. The van der Waals surface area contributed by atoms with E-state index in [1.807, 2.05) is 18.2 Å². The van der Waals surface area contributed by atoms with Crippen molar-refractivity contribution in [2.75, 3.05) is 26.7 Å². The van der Waals surface area contributed by atoms with Gasteiger partial charge in [0.15, 0.2) is 0 Å². The van der Waals surface area contributed by atoms with Gasteiger partial charge in [-0.05, 0) is 24.5 Å². The van der Waals surface area contributed by atoms with Crippen LogP contribution in [0.2, 0.25) is 0 Å². The van der Waals surface area contributed by atoms with E-state index in [1.54, 1.807) is 11.9 Å². The first-order valence-electron chi connectivity index (χ1n) is 8.16. The second-order valence-corrected chi connectivity index (χ2v) is 6.11. The monoisotopic (exact) mass is 317 g/mol. The highest BCUT2D eigenvalue weighted by atomic mass is 16.5. The number of rotatable bonds is 3. The maximum Gasteiger partial charge on any atom is 0.317 e. The number of ether oxygens (including phenoxy) is 1. The molecule has 6 nitrogen and oxygen atoms in total. The molecule has 0 aromatic heterocycles. The molecule has 0 bridgehead atoms. The van der Waals surface area contributed by atoms with E-state index in [2.05, 4.69) is 16.7 Å². The molecule has 2 heterocycles. The standard InChI is InChI=1S/C17H23N3O3/c1-18-16(21)12-6-8-20(9-7-12)17(22)19-11-14-10-13-4-2-3-5-15(13)23-14/h2-5,12,14H,6-11H2,1H3,(H,18,21)(H,19,22)/t14-/m0/s1. The van der Waals surface area contributed by atoms with Crippen molar-refractivity contribution in [3.63, 3.8) is 0 Å². The Labute approximate surface area is 136 Å². The van der Waals surface area contributed by atoms with Gasteiger partial charge in [0.25, 0.3) is 0 Å². The number of amides is 3. The highest BCUT2D eigenvalue weighted by molar-refractivity contribution is 5.79. The zero-order valence-electron chi connectivity index (χ0n) is 13.4. The predicted octanol–water partition coefficient (Wildman–Crippen LogP) is 1.16. The van der Waals surface area contributed by atoms with Gasteiger partial charge in [0, 0.05) is 32.5 Å². The third-order valence-corrected chi connectivity index (χ3v) is 4.59. The number of likely N-dealkylation sites (tertiary alicyclic amines) is 1. The van der Waals surface area contributed by atoms with E-state index in [1.165, 1.54) is 5.56 Å². The fourth-order valence-corrected chi connectivity index (χ4v) is 3.23. The van der Waals surface area contributed by atoms with Gasteiger partial charge in [-0.15, -0.1) is 0 Å². The molecule has 0 aliphatic carbocycles. The Hall–Kier alpha value is -2.24. The molecule has 0 saturated carbocycles. The first kappa shape index (κ1) is 15.6. The van der Waals surface area contributed by atoms with Crippen molar-refractivity contribution in [1.29, 1.82) is 0 Å². The van der Waals surface area contributed by atoms with Gasteiger partial charge in [0.2, 0.25) is 5.91 Å². The quantitative estimate of drug-likeness (QED) is 0.879. The molecule has 2 aliphatic heterocycles. The molecule has 2 N–H and O–H groups in total. The average Bonchev–Trinajstić information content (AvgIpc) is 3.02. The van der Waals surface area contributed by atoms with Crippen molar-refractivity contribution in [2.24, 2.45) is 5.92 Å². The maximum absolute atomic E-state index is 12.2. The third kappa shape index (κ3) is 3.57. The Morgan fingerprint density at radius 1 is 1.26 bits per heavy atom. The van der Waals surface area contributed by atoms with E-state index in [0.717, 1.165) is 25.0 Å². The molecule has 3 amide bonds. The number of benzene rings is 1. The molecule has 23 heavy (non-hydrogen) atoms. The fourth-order valence-electron chi connectivity index (χ4n) is 3.23. The van der Waals surface area contributed by atoms with Crippen LogP contribution in [0.1, 0.15) is 18.4 Å². The van der Waals surface area contributed by atoms with Crippen LogP contribution in [0.25, 0.3) is 0 Å². The smallest absolute Gasteiger partial charge is 0.317 e. The average molecular weight is 317 g/mol. The first-order chi connectivity index (χ1) is 11.2. The van der Waals surface area contributed by atoms with Crippen molar-refractivity contribution in [2.45, 2.75) is 25.4 Å². The molecule has 1 saturated heterocycles. The summed E-state index contributed by atoms with van der Waals surface area (Å²) in [7, 11) is 1.65. The van der Waals surface area contributed by atoms with Gasteiger partial charge in [-0.25, -0.2) is 4.79 Å². The van der Waals surface area contributed by atoms with Gasteiger partial charge in [-0.2, -0.15) is 0 Å². The molecule has 3 rings (SSSR count). The second-order valence-electron chi connectivity index (χ2n) is 6.11. The summed E-state index contributed by atoms with van der Waals surface area (Å²) in [5, 5.41) is 5.62. The second kappa shape index (κ2) is 6.89. The number of carbonyl (C=O) groups is 2. The Balaban J connectivity index is 1.42. The van der Waals surface area contributed by atoms with E-state index in [-0.39, 0.29) is 24.0 Å². The van der Waals surface area contributed by atoms with E-state index in [9.17, 15) is 9.59 Å². The Bertz CT molecular complexity index is 557. The summed E-state index contributed by atoms with van der Waals surface area (Å²) in [6, 6.07) is 7.90. The number of urea groups is 1. The van der Waals surface area contributed by atoms with Gasteiger partial charge >= 0.3 is 6.03 Å². The van der Waals surface area contributed by atoms with Crippen LogP contribution in [-0.4, -0.2) is 49.6 Å². The van der Waals surface area contributed by atoms with E-state index in [4.69, 9.17) is 4.74 Å². The third-order valence-electron chi connectivity index (χ3n) is 4.59. The molecule has 1 aromatic carbocycles. The Morgan fingerprint density at radius 3 is 2.70 bits per heavy atom. The lowest BCUT2D eigenvalue weighted by atomic mass is 9.96. The summed E-state index contributed by atoms with van der Waals surface area (Å²) in [5.41, 5.74) is 1.19. The normalized spacial score (nSPS) is 20.6. The van der Waals surface area contributed by atoms with E-state index >= 15 is 0 Å². The van der Waals surface area contributed by atoms with Gasteiger partial charge in [0.1, 0.15) is 11.9 Å². The molecule has 124 valence electrons. The van der Waals surface area contributed by atoms with Gasteiger partial charge in [0.05, 0.1) is 6.54 Å². The highest BCUT2D eigenvalue weighted by Gasteiger charge is 2.28. The Kier molecular flexibility index (Phi) is 4.69. The lowest BCUT2D eigenvalue weighted by Gasteiger charge is -2.31. The lowest BCUT2D eigenvalue weighted by Crippen LogP contribution is -2.48. The number of nitrogens with zero attached hydrogens (tertiary/aromatic N) is 1. The minimum atomic E-state index is -0.0695. The first-order valence-corrected chi connectivity index (χ1v) is 8.16. The molecule has 1 aromatic rings. The van der Waals surface area contributed by atoms with Crippen LogP contribution in [0.4, 0.5) is 4.79 Å². The molecule has 0 radical (unpaired) electrons. The molecule has 6 heteroatoms. The summed E-state index contributed by atoms with van der Waals surface area (Å²) in [6.07, 6.45) is 2.27. The number of hydrogen-bond donors (Lipinski definition) is 2.